The van der Waals surface area contributed by atoms with Crippen LogP contribution < -0.4 is 4.74 Å². The van der Waals surface area contributed by atoms with E-state index in [0.29, 0.717) is 41.2 Å². The maximum atomic E-state index is 15.6. The molecule has 2 aromatic carbocycles. The van der Waals surface area contributed by atoms with Gasteiger partial charge in [-0.1, -0.05) is 12.1 Å². The van der Waals surface area contributed by atoms with Gasteiger partial charge in [-0.25, -0.2) is 18.7 Å². The minimum Gasteiger partial charge on any atom is -0.490 e. The Bertz CT molecular complexity index is 1680. The van der Waals surface area contributed by atoms with Crippen molar-refractivity contribution in [3.05, 3.63) is 69.7 Å². The normalized spacial score (nSPS) is 15.8. The van der Waals surface area contributed by atoms with Crippen molar-refractivity contribution in [2.45, 2.75) is 84.8 Å². The summed E-state index contributed by atoms with van der Waals surface area (Å²) in [4.78, 5) is 17.5. The van der Waals surface area contributed by atoms with Crippen LogP contribution >= 0.6 is 0 Å². The molecule has 0 saturated heterocycles. The van der Waals surface area contributed by atoms with Crippen molar-refractivity contribution in [3.8, 4) is 28.3 Å². The van der Waals surface area contributed by atoms with Crippen molar-refractivity contribution < 1.29 is 23.8 Å². The topological polar surface area (TPSA) is 86.0 Å². The molecule has 0 unspecified atom stereocenters. The number of aromatic nitrogens is 3. The minimum atomic E-state index is -1.34. The van der Waals surface area contributed by atoms with E-state index in [-0.39, 0.29) is 5.75 Å². The number of halogens is 1. The van der Waals surface area contributed by atoms with Crippen LogP contribution in [0.3, 0.4) is 0 Å². The summed E-state index contributed by atoms with van der Waals surface area (Å²) in [6.45, 7) is 9.62. The second kappa shape index (κ2) is 10.2. The summed E-state index contributed by atoms with van der Waals surface area (Å²) < 4.78 is 29.0. The number of aryl methyl sites for hydroxylation is 3. The first-order chi connectivity index (χ1) is 19.5. The number of nitrogens with zero attached hydrogens (tertiary/aromatic N) is 3. The number of aliphatic carboxylic acids is 1. The first-order valence-corrected chi connectivity index (χ1v) is 14.4. The van der Waals surface area contributed by atoms with Crippen LogP contribution in [0.4, 0.5) is 4.39 Å². The lowest BCUT2D eigenvalue weighted by Gasteiger charge is -2.28. The predicted octanol–water partition coefficient (Wildman–Crippen LogP) is 6.96. The zero-order valence-corrected chi connectivity index (χ0v) is 24.3. The summed E-state index contributed by atoms with van der Waals surface area (Å²) in [5.41, 5.74) is 7.74. The highest BCUT2D eigenvalue weighted by Crippen LogP contribution is 2.42. The molecule has 6 rings (SSSR count). The van der Waals surface area contributed by atoms with Crippen LogP contribution in [0.2, 0.25) is 0 Å². The van der Waals surface area contributed by atoms with Crippen molar-refractivity contribution in [1.29, 1.82) is 0 Å². The van der Waals surface area contributed by atoms with E-state index in [1.54, 1.807) is 11.4 Å². The molecule has 7 nitrogen and oxygen atoms in total. The van der Waals surface area contributed by atoms with Gasteiger partial charge in [-0.05, 0) is 102 Å². The van der Waals surface area contributed by atoms with Gasteiger partial charge < -0.3 is 14.6 Å². The summed E-state index contributed by atoms with van der Waals surface area (Å²) in [5, 5.41) is 15.4. The van der Waals surface area contributed by atoms with Crippen LogP contribution in [-0.2, 0) is 28.8 Å². The molecule has 3 heterocycles. The Morgan fingerprint density at radius 3 is 2.56 bits per heavy atom. The first-order valence-electron chi connectivity index (χ1n) is 14.4. The second-order valence-electron chi connectivity index (χ2n) is 12.2. The molecule has 2 aliphatic rings. The number of benzene rings is 2. The van der Waals surface area contributed by atoms with Gasteiger partial charge in [0.25, 0.3) is 0 Å². The lowest BCUT2D eigenvalue weighted by molar-refractivity contribution is -0.160. The number of fused-ring (bicyclic) bond motifs is 3. The highest BCUT2D eigenvalue weighted by molar-refractivity contribution is 5.82. The molecule has 1 N–H and O–H groups in total. The number of hydrogen-bond donors (Lipinski definition) is 1. The molecule has 2 aromatic heterocycles. The number of hydrogen-bond acceptors (Lipinski definition) is 5. The molecule has 0 spiro atoms. The fraction of sp³-hybridized carbons (Fsp3) is 0.424. The van der Waals surface area contributed by atoms with Crippen LogP contribution in [0.5, 0.6) is 5.75 Å². The average Bonchev–Trinajstić information content (AvgIpc) is 3.36. The average molecular weight is 558 g/mol. The summed E-state index contributed by atoms with van der Waals surface area (Å²) >= 11 is 0. The number of ether oxygens (including phenoxy) is 2. The molecule has 214 valence electrons. The highest BCUT2D eigenvalue weighted by Gasteiger charge is 2.34. The van der Waals surface area contributed by atoms with E-state index in [2.05, 4.69) is 18.2 Å². The van der Waals surface area contributed by atoms with Gasteiger partial charge in [0.05, 0.1) is 23.6 Å². The Kier molecular flexibility index (Phi) is 6.85. The maximum Gasteiger partial charge on any atom is 0.337 e. The third-order valence-corrected chi connectivity index (χ3v) is 8.12. The van der Waals surface area contributed by atoms with Crippen molar-refractivity contribution in [1.82, 2.24) is 14.6 Å². The van der Waals surface area contributed by atoms with E-state index in [4.69, 9.17) is 19.6 Å². The standard InChI is InChI=1S/C33H36FN3O4/c1-18-23-11-8-14-40-30(23)25(34)16-24(18)29-28(31(32(38)39)41-33(3,4)5)19(2)35-27-17-26(36-37(27)29)22-13-12-20-9-6-7-10-21(20)15-22/h12-13,15-17,31H,6-11,14H2,1-5H3,(H,38,39)/t31-/m0/s1. The zero-order valence-electron chi connectivity index (χ0n) is 24.3. The molecule has 41 heavy (non-hydrogen) atoms. The molecule has 1 aliphatic carbocycles. The number of carboxylic acids is 1. The maximum absolute atomic E-state index is 15.6. The zero-order chi connectivity index (χ0) is 29.1. The quantitative estimate of drug-likeness (QED) is 0.285. The number of rotatable bonds is 5. The van der Waals surface area contributed by atoms with Crippen LogP contribution in [0.25, 0.3) is 28.2 Å². The summed E-state index contributed by atoms with van der Waals surface area (Å²) in [6, 6.07) is 9.82. The Balaban J connectivity index is 1.64. The Morgan fingerprint density at radius 1 is 1.07 bits per heavy atom. The largest absolute Gasteiger partial charge is 0.490 e. The van der Waals surface area contributed by atoms with E-state index in [9.17, 15) is 9.90 Å². The summed E-state index contributed by atoms with van der Waals surface area (Å²) in [6.07, 6.45) is 4.63. The Hall–Kier alpha value is -3.78. The Labute approximate surface area is 239 Å². The van der Waals surface area contributed by atoms with Crippen LogP contribution in [-0.4, -0.2) is 37.9 Å². The van der Waals surface area contributed by atoms with Gasteiger partial charge >= 0.3 is 5.97 Å². The summed E-state index contributed by atoms with van der Waals surface area (Å²) in [5.74, 6) is -1.34. The molecule has 1 atom stereocenters. The van der Waals surface area contributed by atoms with Crippen LogP contribution in [0.1, 0.15) is 79.6 Å². The van der Waals surface area contributed by atoms with E-state index >= 15 is 4.39 Å². The SMILES string of the molecule is Cc1nc2cc(-c3ccc4c(c3)CCCC4)nn2c(-c2cc(F)c3c(c2C)CCCO3)c1[C@H](OC(C)(C)C)C(=O)O. The molecule has 0 amide bonds. The van der Waals surface area contributed by atoms with Crippen molar-refractivity contribution in [2.75, 3.05) is 6.61 Å². The molecule has 1 aliphatic heterocycles. The van der Waals surface area contributed by atoms with Gasteiger partial charge in [0.1, 0.15) is 0 Å². The van der Waals surface area contributed by atoms with Gasteiger partial charge in [-0.3, -0.25) is 0 Å². The van der Waals surface area contributed by atoms with Crippen molar-refractivity contribution in [2.24, 2.45) is 0 Å². The molecule has 0 saturated carbocycles. The fourth-order valence-electron chi connectivity index (χ4n) is 6.23. The molecule has 0 radical (unpaired) electrons. The lowest BCUT2D eigenvalue weighted by Crippen LogP contribution is -2.29. The fourth-order valence-corrected chi connectivity index (χ4v) is 6.23. The van der Waals surface area contributed by atoms with E-state index in [0.717, 1.165) is 41.6 Å². The van der Waals surface area contributed by atoms with E-state index < -0.39 is 23.5 Å². The summed E-state index contributed by atoms with van der Waals surface area (Å²) in [7, 11) is 0. The van der Waals surface area contributed by atoms with E-state index in [1.165, 1.54) is 30.0 Å². The number of carbonyl (C=O) groups is 1. The second-order valence-corrected chi connectivity index (χ2v) is 12.2. The molecule has 8 heteroatoms. The molecular formula is C33H36FN3O4. The van der Waals surface area contributed by atoms with Gasteiger partial charge in [-0.15, -0.1) is 0 Å². The van der Waals surface area contributed by atoms with E-state index in [1.807, 2.05) is 33.8 Å². The van der Waals surface area contributed by atoms with Gasteiger partial charge in [0, 0.05) is 34.0 Å². The first kappa shape index (κ1) is 27.4. The monoisotopic (exact) mass is 557 g/mol. The lowest BCUT2D eigenvalue weighted by atomic mass is 9.90. The predicted molar refractivity (Wildman–Crippen MR) is 155 cm³/mol. The van der Waals surface area contributed by atoms with Crippen molar-refractivity contribution in [3.63, 3.8) is 0 Å². The van der Waals surface area contributed by atoms with Crippen LogP contribution in [0.15, 0.2) is 30.3 Å². The van der Waals surface area contributed by atoms with Gasteiger partial charge in [-0.2, -0.15) is 5.10 Å². The third-order valence-electron chi connectivity index (χ3n) is 8.12. The number of carboxylic acid groups (broad SMARTS) is 1. The van der Waals surface area contributed by atoms with Crippen LogP contribution in [0, 0.1) is 19.7 Å². The smallest absolute Gasteiger partial charge is 0.337 e. The minimum absolute atomic E-state index is 0.275. The molecule has 0 bridgehead atoms. The molecule has 0 fully saturated rings. The highest BCUT2D eigenvalue weighted by atomic mass is 19.1. The van der Waals surface area contributed by atoms with Crippen molar-refractivity contribution >= 4 is 11.6 Å². The van der Waals surface area contributed by atoms with Gasteiger partial charge in [0.2, 0.25) is 0 Å². The molecular weight excluding hydrogens is 521 g/mol. The van der Waals surface area contributed by atoms with Gasteiger partial charge in [0.15, 0.2) is 23.3 Å². The third kappa shape index (κ3) is 4.99. The Morgan fingerprint density at radius 2 is 1.83 bits per heavy atom. The molecule has 4 aromatic rings.